The van der Waals surface area contributed by atoms with Crippen LogP contribution >= 0.6 is 15.9 Å². The lowest BCUT2D eigenvalue weighted by Crippen LogP contribution is -2.46. The van der Waals surface area contributed by atoms with Crippen molar-refractivity contribution in [2.75, 3.05) is 26.2 Å². The van der Waals surface area contributed by atoms with Crippen molar-refractivity contribution >= 4 is 21.8 Å². The lowest BCUT2D eigenvalue weighted by atomic mass is 10.2. The van der Waals surface area contributed by atoms with Crippen molar-refractivity contribution < 1.29 is 18.7 Å². The van der Waals surface area contributed by atoms with Crippen LogP contribution in [0.15, 0.2) is 45.3 Å². The molecule has 0 bridgehead atoms. The molecule has 0 aliphatic carbocycles. The molecule has 0 radical (unpaired) electrons. The van der Waals surface area contributed by atoms with Crippen LogP contribution in [0.2, 0.25) is 0 Å². The van der Waals surface area contributed by atoms with Crippen LogP contribution < -0.4 is 10.1 Å². The van der Waals surface area contributed by atoms with Gasteiger partial charge in [0.25, 0.3) is 5.91 Å². The molecule has 1 N–H and O–H groups in total. The molecule has 2 atom stereocenters. The van der Waals surface area contributed by atoms with Crippen LogP contribution in [0.5, 0.6) is 5.75 Å². The Morgan fingerprint density at radius 2 is 2.04 bits per heavy atom. The number of carbonyl (C=O) groups is 1. The lowest BCUT2D eigenvalue weighted by molar-refractivity contribution is -0.0680. The highest BCUT2D eigenvalue weighted by Gasteiger charge is 2.21. The molecule has 28 heavy (non-hydrogen) atoms. The predicted molar refractivity (Wildman–Crippen MR) is 111 cm³/mol. The van der Waals surface area contributed by atoms with E-state index >= 15 is 0 Å². The van der Waals surface area contributed by atoms with Crippen LogP contribution in [-0.4, -0.2) is 49.2 Å². The molecule has 7 heteroatoms. The number of hydrogen-bond donors (Lipinski definition) is 1. The Balaban J connectivity index is 1.38. The van der Waals surface area contributed by atoms with Crippen molar-refractivity contribution in [3.05, 3.63) is 52.4 Å². The normalized spacial score (nSPS) is 20.1. The second-order valence-corrected chi connectivity index (χ2v) is 8.05. The summed E-state index contributed by atoms with van der Waals surface area (Å²) in [7, 11) is 0. The zero-order valence-corrected chi connectivity index (χ0v) is 17.9. The molecular weight excluding hydrogens is 424 g/mol. The topological polar surface area (TPSA) is 63.9 Å². The first-order valence-electron chi connectivity index (χ1n) is 9.62. The van der Waals surface area contributed by atoms with Gasteiger partial charge >= 0.3 is 0 Å². The van der Waals surface area contributed by atoms with E-state index in [-0.39, 0.29) is 24.7 Å². The maximum absolute atomic E-state index is 12.2. The smallest absolute Gasteiger partial charge is 0.286 e. The fourth-order valence-corrected chi connectivity index (χ4v) is 3.73. The Bertz CT molecular complexity index is 769. The highest BCUT2D eigenvalue weighted by Crippen LogP contribution is 2.19. The first-order chi connectivity index (χ1) is 13.5. The monoisotopic (exact) mass is 450 g/mol. The number of benzene rings is 1. The van der Waals surface area contributed by atoms with Crippen molar-refractivity contribution in [3.8, 4) is 5.75 Å². The van der Waals surface area contributed by atoms with Gasteiger partial charge in [0, 0.05) is 30.7 Å². The molecule has 1 saturated heterocycles. The summed E-state index contributed by atoms with van der Waals surface area (Å²) in [5, 5.41) is 2.92. The molecule has 2 heterocycles. The molecule has 0 spiro atoms. The van der Waals surface area contributed by atoms with E-state index in [1.807, 2.05) is 24.3 Å². The Kier molecular flexibility index (Phi) is 7.53. The van der Waals surface area contributed by atoms with Crippen LogP contribution in [0.25, 0.3) is 0 Å². The molecule has 6 nitrogen and oxygen atoms in total. The summed E-state index contributed by atoms with van der Waals surface area (Å²) >= 11 is 3.41. The van der Waals surface area contributed by atoms with Gasteiger partial charge in [0.1, 0.15) is 18.1 Å². The zero-order chi connectivity index (χ0) is 19.9. The standard InChI is InChI=1S/C21H27BrN2O4/c1-15-12-24(13-16(2)27-15)10-4-9-23-21(25)20-8-7-19(28-20)14-26-18-6-3-5-17(22)11-18/h3,5-8,11,15-16H,4,9-10,12-14H2,1-2H3,(H,23,25). The Hall–Kier alpha value is -1.83. The molecule has 3 rings (SSSR count). The number of carbonyl (C=O) groups excluding carboxylic acids is 1. The number of furan rings is 1. The molecular formula is C21H27BrN2O4. The summed E-state index contributed by atoms with van der Waals surface area (Å²) in [6, 6.07) is 11.0. The van der Waals surface area contributed by atoms with Gasteiger partial charge in [-0.15, -0.1) is 0 Å². The van der Waals surface area contributed by atoms with Crippen molar-refractivity contribution in [2.24, 2.45) is 0 Å². The van der Waals surface area contributed by atoms with Crippen molar-refractivity contribution in [3.63, 3.8) is 0 Å². The van der Waals surface area contributed by atoms with Crippen molar-refractivity contribution in [1.82, 2.24) is 10.2 Å². The minimum absolute atomic E-state index is 0.197. The molecule has 1 aromatic carbocycles. The number of hydrogen-bond acceptors (Lipinski definition) is 5. The first kappa shape index (κ1) is 20.9. The number of nitrogens with zero attached hydrogens (tertiary/aromatic N) is 1. The molecule has 0 saturated carbocycles. The number of ether oxygens (including phenoxy) is 2. The number of nitrogens with one attached hydrogen (secondary N) is 1. The van der Waals surface area contributed by atoms with Gasteiger partial charge in [-0.2, -0.15) is 0 Å². The summed E-state index contributed by atoms with van der Waals surface area (Å²) in [6.45, 7) is 7.91. The molecule has 152 valence electrons. The number of halogens is 1. The van der Waals surface area contributed by atoms with Gasteiger partial charge in [-0.25, -0.2) is 0 Å². The second-order valence-electron chi connectivity index (χ2n) is 7.14. The largest absolute Gasteiger partial charge is 0.486 e. The van der Waals surface area contributed by atoms with Crippen LogP contribution in [0.1, 0.15) is 36.6 Å². The fraction of sp³-hybridized carbons (Fsp3) is 0.476. The van der Waals surface area contributed by atoms with Crippen LogP contribution in [0.4, 0.5) is 0 Å². The minimum Gasteiger partial charge on any atom is -0.486 e. The molecule has 1 aliphatic rings. The average Bonchev–Trinajstić information content (AvgIpc) is 3.12. The first-order valence-corrected chi connectivity index (χ1v) is 10.4. The van der Waals surface area contributed by atoms with Gasteiger partial charge in [0.2, 0.25) is 0 Å². The number of rotatable bonds is 8. The van der Waals surface area contributed by atoms with Gasteiger partial charge in [-0.05, 0) is 50.6 Å². The maximum atomic E-state index is 12.2. The second kappa shape index (κ2) is 10.1. The number of morpholine rings is 1. The van der Waals surface area contributed by atoms with E-state index in [9.17, 15) is 4.79 Å². The number of amides is 1. The predicted octanol–water partition coefficient (Wildman–Crippen LogP) is 3.85. The third-order valence-electron chi connectivity index (χ3n) is 4.49. The van der Waals surface area contributed by atoms with E-state index in [1.54, 1.807) is 12.1 Å². The van der Waals surface area contributed by atoms with E-state index in [1.165, 1.54) is 0 Å². The van der Waals surface area contributed by atoms with E-state index < -0.39 is 0 Å². The van der Waals surface area contributed by atoms with Gasteiger partial charge in [0.15, 0.2) is 5.76 Å². The van der Waals surface area contributed by atoms with Crippen molar-refractivity contribution in [2.45, 2.75) is 39.1 Å². The zero-order valence-electron chi connectivity index (χ0n) is 16.3. The van der Waals surface area contributed by atoms with E-state index in [0.717, 1.165) is 36.3 Å². The highest BCUT2D eigenvalue weighted by molar-refractivity contribution is 9.10. The Morgan fingerprint density at radius 3 is 2.79 bits per heavy atom. The summed E-state index contributed by atoms with van der Waals surface area (Å²) < 4.78 is 18.0. The van der Waals surface area contributed by atoms with Crippen molar-refractivity contribution in [1.29, 1.82) is 0 Å². The van der Waals surface area contributed by atoms with Gasteiger partial charge in [0.05, 0.1) is 12.2 Å². The Morgan fingerprint density at radius 1 is 1.25 bits per heavy atom. The minimum atomic E-state index is -0.197. The van der Waals surface area contributed by atoms with Gasteiger partial charge in [-0.3, -0.25) is 9.69 Å². The molecule has 1 aromatic heterocycles. The van der Waals surface area contributed by atoms with Crippen LogP contribution in [0.3, 0.4) is 0 Å². The SMILES string of the molecule is CC1CN(CCCNC(=O)c2ccc(COc3cccc(Br)c3)o2)CC(C)O1. The summed E-state index contributed by atoms with van der Waals surface area (Å²) in [5.41, 5.74) is 0. The molecule has 2 unspecified atom stereocenters. The van der Waals surface area contributed by atoms with Crippen LogP contribution in [0, 0.1) is 0 Å². The van der Waals surface area contributed by atoms with Gasteiger partial charge < -0.3 is 19.2 Å². The van der Waals surface area contributed by atoms with E-state index in [2.05, 4.69) is 40.0 Å². The lowest BCUT2D eigenvalue weighted by Gasteiger charge is -2.35. The highest BCUT2D eigenvalue weighted by atomic mass is 79.9. The van der Waals surface area contributed by atoms with Gasteiger partial charge in [-0.1, -0.05) is 22.0 Å². The molecule has 1 amide bonds. The third-order valence-corrected chi connectivity index (χ3v) is 4.99. The van der Waals surface area contributed by atoms with E-state index in [4.69, 9.17) is 13.9 Å². The molecule has 1 fully saturated rings. The van der Waals surface area contributed by atoms with E-state index in [0.29, 0.717) is 18.1 Å². The molecule has 2 aromatic rings. The average molecular weight is 451 g/mol. The van der Waals surface area contributed by atoms with Crippen LogP contribution in [-0.2, 0) is 11.3 Å². The quantitative estimate of drug-likeness (QED) is 0.618. The third kappa shape index (κ3) is 6.36. The fourth-order valence-electron chi connectivity index (χ4n) is 3.35. The summed E-state index contributed by atoms with van der Waals surface area (Å²) in [5.74, 6) is 1.46. The Labute approximate surface area is 174 Å². The molecule has 1 aliphatic heterocycles. The summed E-state index contributed by atoms with van der Waals surface area (Å²) in [4.78, 5) is 14.6. The maximum Gasteiger partial charge on any atom is 0.286 e. The summed E-state index contributed by atoms with van der Waals surface area (Å²) in [6.07, 6.45) is 1.42.